The fourth-order valence-corrected chi connectivity index (χ4v) is 4.56. The van der Waals surface area contributed by atoms with Crippen LogP contribution in [0.3, 0.4) is 0 Å². The Balaban J connectivity index is 1.36. The van der Waals surface area contributed by atoms with E-state index in [1.54, 1.807) is 21.9 Å². The number of hydrogen-bond donors (Lipinski definition) is 2. The second-order valence-corrected chi connectivity index (χ2v) is 9.99. The van der Waals surface area contributed by atoms with Crippen molar-refractivity contribution in [3.05, 3.63) is 29.6 Å². The van der Waals surface area contributed by atoms with Gasteiger partial charge in [-0.25, -0.2) is 9.18 Å². The van der Waals surface area contributed by atoms with Crippen LogP contribution in [-0.2, 0) is 11.2 Å². The lowest BCUT2D eigenvalue weighted by Crippen LogP contribution is -2.43. The zero-order valence-electron chi connectivity index (χ0n) is 21.0. The zero-order valence-corrected chi connectivity index (χ0v) is 21.0. The van der Waals surface area contributed by atoms with Crippen LogP contribution in [0.25, 0.3) is 0 Å². The number of aliphatic imine (C=N–C) groups is 1. The Bertz CT molecular complexity index is 893. The lowest BCUT2D eigenvalue weighted by atomic mass is 9.92. The smallest absolute Gasteiger partial charge is 0.345 e. The SMILES string of the molecule is CC(C)/C(N)=N/C(=O)N1CCC(CCCOc2ccc(CC(N)C(=O)N3CCCC3)c(F)c2)CC1. The molecule has 0 radical (unpaired) electrons. The molecule has 1 aromatic carbocycles. The number of rotatable bonds is 9. The van der Waals surface area contributed by atoms with Crippen LogP contribution in [0.4, 0.5) is 9.18 Å². The van der Waals surface area contributed by atoms with Crippen LogP contribution >= 0.6 is 0 Å². The fourth-order valence-electron chi connectivity index (χ4n) is 4.56. The van der Waals surface area contributed by atoms with Gasteiger partial charge in [-0.15, -0.1) is 0 Å². The van der Waals surface area contributed by atoms with Gasteiger partial charge in [-0.2, -0.15) is 4.99 Å². The van der Waals surface area contributed by atoms with E-state index in [1.165, 1.54) is 6.07 Å². The summed E-state index contributed by atoms with van der Waals surface area (Å²) in [6.45, 7) is 7.18. The highest BCUT2D eigenvalue weighted by atomic mass is 19.1. The molecule has 3 amide bonds. The molecule has 1 atom stereocenters. The molecule has 0 bridgehead atoms. The van der Waals surface area contributed by atoms with Gasteiger partial charge in [0.1, 0.15) is 17.4 Å². The number of benzene rings is 1. The maximum atomic E-state index is 14.6. The van der Waals surface area contributed by atoms with E-state index in [1.807, 2.05) is 13.8 Å². The first kappa shape index (κ1) is 26.9. The minimum Gasteiger partial charge on any atom is -0.493 e. The van der Waals surface area contributed by atoms with Crippen molar-refractivity contribution in [2.24, 2.45) is 28.3 Å². The number of nitrogens with two attached hydrogens (primary N) is 2. The molecular formula is C26H40FN5O3. The van der Waals surface area contributed by atoms with Gasteiger partial charge in [-0.05, 0) is 62.5 Å². The number of piperidine rings is 1. The summed E-state index contributed by atoms with van der Waals surface area (Å²) in [4.78, 5) is 32.1. The summed E-state index contributed by atoms with van der Waals surface area (Å²) in [5.74, 6) is 0.934. The van der Waals surface area contributed by atoms with Crippen LogP contribution in [0.2, 0.25) is 0 Å². The van der Waals surface area contributed by atoms with Gasteiger partial charge < -0.3 is 26.0 Å². The summed E-state index contributed by atoms with van der Waals surface area (Å²) < 4.78 is 20.3. The van der Waals surface area contributed by atoms with E-state index in [-0.39, 0.29) is 24.3 Å². The maximum Gasteiger partial charge on any atom is 0.345 e. The molecule has 2 heterocycles. The molecule has 2 aliphatic rings. The molecule has 35 heavy (non-hydrogen) atoms. The highest BCUT2D eigenvalue weighted by Crippen LogP contribution is 2.23. The number of carbonyl (C=O) groups is 2. The van der Waals surface area contributed by atoms with Gasteiger partial charge in [-0.3, -0.25) is 4.79 Å². The minimum absolute atomic E-state index is 0.0581. The van der Waals surface area contributed by atoms with Crippen LogP contribution in [0.15, 0.2) is 23.2 Å². The highest BCUT2D eigenvalue weighted by molar-refractivity contribution is 5.93. The quantitative estimate of drug-likeness (QED) is 0.314. The van der Waals surface area contributed by atoms with Crippen LogP contribution in [0.1, 0.15) is 57.9 Å². The van der Waals surface area contributed by atoms with E-state index < -0.39 is 11.9 Å². The number of urea groups is 1. The van der Waals surface area contributed by atoms with E-state index in [2.05, 4.69) is 4.99 Å². The molecule has 0 aliphatic carbocycles. The highest BCUT2D eigenvalue weighted by Gasteiger charge is 2.25. The molecular weight excluding hydrogens is 449 g/mol. The molecule has 2 saturated heterocycles. The van der Waals surface area contributed by atoms with Crippen molar-refractivity contribution in [2.45, 2.75) is 64.8 Å². The molecule has 0 spiro atoms. The van der Waals surface area contributed by atoms with Crippen molar-refractivity contribution in [1.29, 1.82) is 0 Å². The third-order valence-corrected chi connectivity index (χ3v) is 6.93. The van der Waals surface area contributed by atoms with Gasteiger partial charge >= 0.3 is 6.03 Å². The van der Waals surface area contributed by atoms with Crippen LogP contribution in [0.5, 0.6) is 5.75 Å². The Hall–Kier alpha value is -2.68. The number of nitrogens with zero attached hydrogens (tertiary/aromatic N) is 3. The Morgan fingerprint density at radius 2 is 1.83 bits per heavy atom. The zero-order chi connectivity index (χ0) is 25.4. The van der Waals surface area contributed by atoms with E-state index in [4.69, 9.17) is 16.2 Å². The molecule has 1 unspecified atom stereocenters. The Labute approximate surface area is 207 Å². The number of carbonyl (C=O) groups excluding carboxylic acids is 2. The number of ether oxygens (including phenoxy) is 1. The topological polar surface area (TPSA) is 114 Å². The standard InChI is InChI=1S/C26H40FN5O3/c1-18(2)24(29)30-26(34)32-13-9-19(10-14-32)6-5-15-35-21-8-7-20(22(27)17-21)16-23(28)25(33)31-11-3-4-12-31/h7-8,17-19,23H,3-6,9-16,28H2,1-2H3,(H2,29,30,34). The third-order valence-electron chi connectivity index (χ3n) is 6.93. The number of halogens is 1. The normalized spacial score (nSPS) is 18.3. The molecule has 0 saturated carbocycles. The van der Waals surface area contributed by atoms with Crippen LogP contribution in [0, 0.1) is 17.7 Å². The van der Waals surface area contributed by atoms with Crippen molar-refractivity contribution in [2.75, 3.05) is 32.8 Å². The molecule has 1 aromatic rings. The first-order valence-corrected chi connectivity index (χ1v) is 12.8. The van der Waals surface area contributed by atoms with Gasteiger partial charge in [-0.1, -0.05) is 19.9 Å². The average molecular weight is 490 g/mol. The average Bonchev–Trinajstić information content (AvgIpc) is 3.38. The number of hydrogen-bond acceptors (Lipinski definition) is 4. The molecule has 0 aromatic heterocycles. The van der Waals surface area contributed by atoms with Gasteiger partial charge in [0.25, 0.3) is 0 Å². The maximum absolute atomic E-state index is 14.6. The molecule has 9 heteroatoms. The first-order valence-electron chi connectivity index (χ1n) is 12.8. The number of amides is 3. The summed E-state index contributed by atoms with van der Waals surface area (Å²) in [6.07, 6.45) is 5.90. The molecule has 8 nitrogen and oxygen atoms in total. The Morgan fingerprint density at radius 3 is 2.46 bits per heavy atom. The second-order valence-electron chi connectivity index (χ2n) is 9.99. The summed E-state index contributed by atoms with van der Waals surface area (Å²) in [5.41, 5.74) is 12.3. The van der Waals surface area contributed by atoms with E-state index >= 15 is 0 Å². The van der Waals surface area contributed by atoms with Crippen LogP contribution in [-0.4, -0.2) is 66.4 Å². The molecule has 4 N–H and O–H groups in total. The lowest BCUT2D eigenvalue weighted by Gasteiger charge is -2.30. The lowest BCUT2D eigenvalue weighted by molar-refractivity contribution is -0.131. The largest absolute Gasteiger partial charge is 0.493 e. The number of likely N-dealkylation sites (tertiary alicyclic amines) is 2. The minimum atomic E-state index is -0.726. The molecule has 3 rings (SSSR count). The van der Waals surface area contributed by atoms with Crippen molar-refractivity contribution in [1.82, 2.24) is 9.80 Å². The van der Waals surface area contributed by atoms with Crippen molar-refractivity contribution in [3.63, 3.8) is 0 Å². The molecule has 2 fully saturated rings. The molecule has 194 valence electrons. The summed E-state index contributed by atoms with van der Waals surface area (Å²) in [7, 11) is 0. The third kappa shape index (κ3) is 7.92. The van der Waals surface area contributed by atoms with Gasteiger partial charge in [0.05, 0.1) is 12.6 Å². The number of amidine groups is 1. The van der Waals surface area contributed by atoms with Gasteiger partial charge in [0.15, 0.2) is 0 Å². The predicted molar refractivity (Wildman–Crippen MR) is 135 cm³/mol. The fraction of sp³-hybridized carbons (Fsp3) is 0.654. The van der Waals surface area contributed by atoms with Gasteiger partial charge in [0, 0.05) is 38.2 Å². The summed E-state index contributed by atoms with van der Waals surface area (Å²) in [6, 6.07) is 3.79. The Kier molecular flexibility index (Phi) is 9.89. The predicted octanol–water partition coefficient (Wildman–Crippen LogP) is 3.32. The van der Waals surface area contributed by atoms with E-state index in [0.717, 1.165) is 51.6 Å². The van der Waals surface area contributed by atoms with Crippen molar-refractivity contribution < 1.29 is 18.7 Å². The summed E-state index contributed by atoms with van der Waals surface area (Å²) >= 11 is 0. The summed E-state index contributed by atoms with van der Waals surface area (Å²) in [5, 5.41) is 0. The van der Waals surface area contributed by atoms with E-state index in [9.17, 15) is 14.0 Å². The first-order chi connectivity index (χ1) is 16.7. The molecule has 2 aliphatic heterocycles. The van der Waals surface area contributed by atoms with Crippen molar-refractivity contribution in [3.8, 4) is 5.75 Å². The monoisotopic (exact) mass is 489 g/mol. The van der Waals surface area contributed by atoms with Crippen LogP contribution < -0.4 is 16.2 Å². The van der Waals surface area contributed by atoms with Crippen molar-refractivity contribution >= 4 is 17.8 Å². The van der Waals surface area contributed by atoms with E-state index in [0.29, 0.717) is 42.8 Å². The second kappa shape index (κ2) is 12.9. The van der Waals surface area contributed by atoms with Gasteiger partial charge in [0.2, 0.25) is 5.91 Å². The Morgan fingerprint density at radius 1 is 1.14 bits per heavy atom.